The molecule has 2 heterocycles. The maximum Gasteiger partial charge on any atom is 0.279 e. The van der Waals surface area contributed by atoms with Gasteiger partial charge < -0.3 is 0 Å². The van der Waals surface area contributed by atoms with Gasteiger partial charge in [-0.2, -0.15) is 0 Å². The Labute approximate surface area is 173 Å². The van der Waals surface area contributed by atoms with Gasteiger partial charge in [0.25, 0.3) is 5.91 Å². The molecule has 0 saturated heterocycles. The summed E-state index contributed by atoms with van der Waals surface area (Å²) in [7, 11) is 0. The van der Waals surface area contributed by atoms with E-state index >= 15 is 0 Å². The van der Waals surface area contributed by atoms with Gasteiger partial charge >= 0.3 is 0 Å². The molecule has 2 aromatic heterocycles. The molecule has 1 aromatic carbocycles. The molecule has 0 aliphatic heterocycles. The monoisotopic (exact) mass is 464 g/mol. The van der Waals surface area contributed by atoms with Crippen LogP contribution in [0.1, 0.15) is 20.8 Å². The van der Waals surface area contributed by atoms with Crippen molar-refractivity contribution in [1.29, 1.82) is 0 Å². The molecule has 3 aromatic rings. The molecule has 3 rings (SSSR count). The van der Waals surface area contributed by atoms with E-state index in [0.29, 0.717) is 10.0 Å². The molecule has 0 spiro atoms. The number of hydrogen-bond donors (Lipinski definition) is 2. The van der Waals surface area contributed by atoms with Crippen LogP contribution in [0.25, 0.3) is 5.69 Å². The zero-order valence-electron chi connectivity index (χ0n) is 14.7. The third-order valence-corrected chi connectivity index (χ3v) is 6.27. The molecule has 27 heavy (non-hydrogen) atoms. The van der Waals surface area contributed by atoms with Crippen LogP contribution in [-0.4, -0.2) is 27.1 Å². The van der Waals surface area contributed by atoms with Crippen molar-refractivity contribution in [2.24, 2.45) is 0 Å². The molecule has 0 aliphatic carbocycles. The van der Waals surface area contributed by atoms with E-state index in [9.17, 15) is 9.59 Å². The first kappa shape index (κ1) is 19.7. The molecule has 2 amide bonds. The number of thioether (sulfide) groups is 1. The van der Waals surface area contributed by atoms with Gasteiger partial charge in [-0.3, -0.25) is 25.0 Å². The summed E-state index contributed by atoms with van der Waals surface area (Å²) in [5.74, 6) is -0.517. The molecule has 0 radical (unpaired) electrons. The smallest absolute Gasteiger partial charge is 0.279 e. The van der Waals surface area contributed by atoms with E-state index in [0.717, 1.165) is 20.6 Å². The number of halogens is 1. The quantitative estimate of drug-likeness (QED) is 0.443. The van der Waals surface area contributed by atoms with Crippen LogP contribution in [0.3, 0.4) is 0 Å². The number of carbonyl (C=O) groups excluding carboxylic acids is 2. The molecule has 0 atom stereocenters. The number of rotatable bonds is 5. The van der Waals surface area contributed by atoms with Gasteiger partial charge in [0.2, 0.25) is 5.91 Å². The van der Waals surface area contributed by atoms with E-state index in [1.807, 2.05) is 24.6 Å². The SMILES string of the molecule is Cc1ccc(C)c(-n2ccnc2SCC(=O)NNC(=O)c2ccc(Br)s2)c1. The van der Waals surface area contributed by atoms with Crippen molar-refractivity contribution in [1.82, 2.24) is 20.4 Å². The lowest BCUT2D eigenvalue weighted by atomic mass is 10.1. The van der Waals surface area contributed by atoms with Gasteiger partial charge in [-0.25, -0.2) is 4.98 Å². The Morgan fingerprint density at radius 3 is 2.78 bits per heavy atom. The Hall–Kier alpha value is -2.10. The Morgan fingerprint density at radius 2 is 2.04 bits per heavy atom. The average Bonchev–Trinajstić information content (AvgIpc) is 3.28. The number of hydrazine groups is 1. The third-order valence-electron chi connectivity index (χ3n) is 3.68. The second-order valence-electron chi connectivity index (χ2n) is 5.76. The van der Waals surface area contributed by atoms with Crippen LogP contribution < -0.4 is 10.9 Å². The predicted octanol–water partition coefficient (Wildman–Crippen LogP) is 3.87. The number of hydrogen-bond acceptors (Lipinski definition) is 5. The fourth-order valence-corrected chi connectivity index (χ4v) is 4.40. The molecule has 0 unspecified atom stereocenters. The molecule has 0 saturated carbocycles. The molecule has 2 N–H and O–H groups in total. The lowest BCUT2D eigenvalue weighted by Gasteiger charge is -2.11. The maximum absolute atomic E-state index is 12.1. The summed E-state index contributed by atoms with van der Waals surface area (Å²) in [5, 5.41) is 0.715. The van der Waals surface area contributed by atoms with E-state index in [1.165, 1.54) is 23.1 Å². The Bertz CT molecular complexity index is 983. The largest absolute Gasteiger partial charge is 0.295 e. The first-order valence-corrected chi connectivity index (χ1v) is 10.6. The van der Waals surface area contributed by atoms with Crippen LogP contribution in [0.4, 0.5) is 0 Å². The van der Waals surface area contributed by atoms with Gasteiger partial charge in [0, 0.05) is 12.4 Å². The minimum absolute atomic E-state index is 0.135. The number of aryl methyl sites for hydroxylation is 2. The Morgan fingerprint density at radius 1 is 1.22 bits per heavy atom. The first-order valence-electron chi connectivity index (χ1n) is 8.02. The zero-order chi connectivity index (χ0) is 19.4. The highest BCUT2D eigenvalue weighted by molar-refractivity contribution is 9.11. The van der Waals surface area contributed by atoms with E-state index in [1.54, 1.807) is 18.3 Å². The summed E-state index contributed by atoms with van der Waals surface area (Å²) in [6.07, 6.45) is 3.58. The second kappa shape index (κ2) is 8.73. The number of imidazole rings is 1. The highest BCUT2D eigenvalue weighted by Crippen LogP contribution is 2.24. The lowest BCUT2D eigenvalue weighted by Crippen LogP contribution is -2.42. The van der Waals surface area contributed by atoms with E-state index < -0.39 is 0 Å². The second-order valence-corrected chi connectivity index (χ2v) is 9.17. The zero-order valence-corrected chi connectivity index (χ0v) is 17.9. The van der Waals surface area contributed by atoms with Gasteiger partial charge in [-0.05, 0) is 59.1 Å². The topological polar surface area (TPSA) is 76.0 Å². The summed E-state index contributed by atoms with van der Waals surface area (Å²) < 4.78 is 2.81. The molecule has 6 nitrogen and oxygen atoms in total. The average molecular weight is 465 g/mol. The predicted molar refractivity (Wildman–Crippen MR) is 111 cm³/mol. The summed E-state index contributed by atoms with van der Waals surface area (Å²) in [6, 6.07) is 9.67. The van der Waals surface area contributed by atoms with Crippen LogP contribution >= 0.6 is 39.0 Å². The van der Waals surface area contributed by atoms with Crippen molar-refractivity contribution in [2.75, 3.05) is 5.75 Å². The van der Waals surface area contributed by atoms with Gasteiger partial charge in [0.1, 0.15) is 0 Å². The first-order chi connectivity index (χ1) is 12.9. The number of nitrogens with zero attached hydrogens (tertiary/aromatic N) is 2. The lowest BCUT2D eigenvalue weighted by molar-refractivity contribution is -0.119. The number of benzene rings is 1. The van der Waals surface area contributed by atoms with Crippen LogP contribution in [-0.2, 0) is 4.79 Å². The minimum atomic E-state index is -0.346. The summed E-state index contributed by atoms with van der Waals surface area (Å²) in [6.45, 7) is 4.07. The minimum Gasteiger partial charge on any atom is -0.295 e. The molecule has 9 heteroatoms. The van der Waals surface area contributed by atoms with Crippen molar-refractivity contribution in [3.8, 4) is 5.69 Å². The van der Waals surface area contributed by atoms with E-state index in [4.69, 9.17) is 0 Å². The molecule has 0 aliphatic rings. The summed E-state index contributed by atoms with van der Waals surface area (Å²) >= 11 is 5.90. The Balaban J connectivity index is 1.58. The number of carbonyl (C=O) groups is 2. The maximum atomic E-state index is 12.1. The van der Waals surface area contributed by atoms with E-state index in [2.05, 4.69) is 50.0 Å². The fraction of sp³-hybridized carbons (Fsp3) is 0.167. The van der Waals surface area contributed by atoms with Crippen molar-refractivity contribution in [2.45, 2.75) is 19.0 Å². The van der Waals surface area contributed by atoms with Crippen LogP contribution in [0.2, 0.25) is 0 Å². The van der Waals surface area contributed by atoms with Crippen LogP contribution in [0.5, 0.6) is 0 Å². The van der Waals surface area contributed by atoms with Gasteiger partial charge in [-0.1, -0.05) is 23.9 Å². The number of amides is 2. The van der Waals surface area contributed by atoms with Crippen molar-refractivity contribution in [3.05, 3.63) is 62.5 Å². The molecular weight excluding hydrogens is 448 g/mol. The summed E-state index contributed by atoms with van der Waals surface area (Å²) in [5.41, 5.74) is 8.16. The fourth-order valence-electron chi connectivity index (χ4n) is 2.35. The van der Waals surface area contributed by atoms with Gasteiger partial charge in [-0.15, -0.1) is 11.3 Å². The van der Waals surface area contributed by atoms with Crippen molar-refractivity contribution in [3.63, 3.8) is 0 Å². The molecule has 140 valence electrons. The Kier molecular flexibility index (Phi) is 6.35. The summed E-state index contributed by atoms with van der Waals surface area (Å²) in [4.78, 5) is 28.9. The molecular formula is C18H17BrN4O2S2. The van der Waals surface area contributed by atoms with E-state index in [-0.39, 0.29) is 17.6 Å². The van der Waals surface area contributed by atoms with Gasteiger partial charge in [0.15, 0.2) is 5.16 Å². The van der Waals surface area contributed by atoms with Crippen molar-refractivity contribution < 1.29 is 9.59 Å². The molecule has 0 fully saturated rings. The van der Waals surface area contributed by atoms with Crippen molar-refractivity contribution >= 4 is 50.8 Å². The molecule has 0 bridgehead atoms. The van der Waals surface area contributed by atoms with Crippen LogP contribution in [0, 0.1) is 13.8 Å². The normalized spacial score (nSPS) is 10.6. The number of aromatic nitrogens is 2. The highest BCUT2D eigenvalue weighted by Gasteiger charge is 2.13. The third kappa shape index (κ3) is 5.00. The number of thiophene rings is 1. The number of nitrogens with one attached hydrogen (secondary N) is 2. The standard InChI is InChI=1S/C18H17BrN4O2S2/c1-11-3-4-12(2)13(9-11)23-8-7-20-18(23)26-10-16(24)21-22-17(25)14-5-6-15(19)27-14/h3-9H,10H2,1-2H3,(H,21,24)(H,22,25). The van der Waals surface area contributed by atoms with Gasteiger partial charge in [0.05, 0.1) is 20.1 Å². The highest BCUT2D eigenvalue weighted by atomic mass is 79.9. The van der Waals surface area contributed by atoms with Crippen LogP contribution in [0.15, 0.2) is 51.7 Å².